The van der Waals surface area contributed by atoms with Crippen LogP contribution in [0.3, 0.4) is 0 Å². The molecule has 2 aliphatic rings. The van der Waals surface area contributed by atoms with Gasteiger partial charge < -0.3 is 15.3 Å². The summed E-state index contributed by atoms with van der Waals surface area (Å²) in [6.07, 6.45) is 4.44. The molecular weight excluding hydrogens is 376 g/mol. The van der Waals surface area contributed by atoms with Crippen LogP contribution in [0.1, 0.15) is 58.4 Å². The molecule has 0 unspecified atom stereocenters. The molecule has 0 bridgehead atoms. The van der Waals surface area contributed by atoms with E-state index in [9.17, 15) is 14.7 Å². The molecule has 5 nitrogen and oxygen atoms in total. The van der Waals surface area contributed by atoms with Crippen molar-refractivity contribution in [3.05, 3.63) is 34.9 Å². The van der Waals surface area contributed by atoms with Crippen LogP contribution in [0.4, 0.5) is 0 Å². The van der Waals surface area contributed by atoms with Crippen molar-refractivity contribution in [2.75, 3.05) is 13.1 Å². The lowest BCUT2D eigenvalue weighted by Crippen LogP contribution is -2.59. The zero-order valence-corrected chi connectivity index (χ0v) is 17.8. The summed E-state index contributed by atoms with van der Waals surface area (Å²) in [6.45, 7) is 6.58. The maximum atomic E-state index is 12.9. The molecule has 2 fully saturated rings. The molecule has 2 atom stereocenters. The van der Waals surface area contributed by atoms with Crippen LogP contribution < -0.4 is 5.32 Å². The minimum atomic E-state index is -1.04. The Morgan fingerprint density at radius 3 is 2.39 bits per heavy atom. The van der Waals surface area contributed by atoms with E-state index in [4.69, 9.17) is 11.6 Å². The van der Waals surface area contributed by atoms with Gasteiger partial charge in [0.25, 0.3) is 0 Å². The highest BCUT2D eigenvalue weighted by Gasteiger charge is 2.50. The Morgan fingerprint density at radius 2 is 1.82 bits per heavy atom. The van der Waals surface area contributed by atoms with E-state index in [1.807, 2.05) is 26.0 Å². The van der Waals surface area contributed by atoms with E-state index in [-0.39, 0.29) is 17.7 Å². The number of benzene rings is 1. The van der Waals surface area contributed by atoms with E-state index in [0.29, 0.717) is 24.5 Å². The van der Waals surface area contributed by atoms with Crippen molar-refractivity contribution in [2.45, 2.75) is 64.5 Å². The van der Waals surface area contributed by atoms with Gasteiger partial charge >= 0.3 is 0 Å². The Balaban J connectivity index is 1.66. The van der Waals surface area contributed by atoms with Crippen molar-refractivity contribution < 1.29 is 14.7 Å². The highest BCUT2D eigenvalue weighted by Crippen LogP contribution is 2.46. The van der Waals surface area contributed by atoms with Gasteiger partial charge in [-0.2, -0.15) is 0 Å². The second-order valence-corrected chi connectivity index (χ2v) is 9.41. The molecule has 154 valence electrons. The molecule has 0 aromatic heterocycles. The van der Waals surface area contributed by atoms with Gasteiger partial charge in [-0.05, 0) is 43.9 Å². The number of nitrogens with zero attached hydrogens (tertiary/aromatic N) is 1. The highest BCUT2D eigenvalue weighted by atomic mass is 35.5. The number of halogens is 1. The van der Waals surface area contributed by atoms with Crippen molar-refractivity contribution in [2.24, 2.45) is 11.3 Å². The van der Waals surface area contributed by atoms with E-state index in [0.717, 1.165) is 31.2 Å². The summed E-state index contributed by atoms with van der Waals surface area (Å²) >= 11 is 5.99. The largest absolute Gasteiger partial charge is 0.384 e. The Labute approximate surface area is 172 Å². The number of rotatable bonds is 4. The quantitative estimate of drug-likeness (QED) is 0.804. The van der Waals surface area contributed by atoms with Gasteiger partial charge in [0.1, 0.15) is 6.04 Å². The molecule has 2 N–H and O–H groups in total. The standard InChI is InChI=1S/C22H31ClN2O3/c1-15(24-19(26)16-6-4-5-7-16)20(27)25-13-12-22(28,21(2,3)14-25)17-8-10-18(23)11-9-17/h8-11,15-16,28H,4-7,12-14H2,1-3H3,(H,24,26)/t15-,22+/m1/s1. The second-order valence-electron chi connectivity index (χ2n) is 8.97. The van der Waals surface area contributed by atoms with Crippen molar-refractivity contribution >= 4 is 23.4 Å². The van der Waals surface area contributed by atoms with E-state index >= 15 is 0 Å². The van der Waals surface area contributed by atoms with E-state index < -0.39 is 17.1 Å². The molecule has 1 heterocycles. The van der Waals surface area contributed by atoms with Gasteiger partial charge in [-0.25, -0.2) is 0 Å². The third-order valence-electron chi connectivity index (χ3n) is 6.54. The summed E-state index contributed by atoms with van der Waals surface area (Å²) in [7, 11) is 0. The number of amides is 2. The first-order valence-corrected chi connectivity index (χ1v) is 10.6. The third-order valence-corrected chi connectivity index (χ3v) is 6.79. The molecule has 0 spiro atoms. The van der Waals surface area contributed by atoms with Crippen LogP contribution in [0.15, 0.2) is 24.3 Å². The van der Waals surface area contributed by atoms with Crippen molar-refractivity contribution in [3.63, 3.8) is 0 Å². The number of carbonyl (C=O) groups is 2. The first kappa shape index (κ1) is 21.1. The van der Waals surface area contributed by atoms with Crippen LogP contribution in [-0.4, -0.2) is 41.0 Å². The lowest BCUT2D eigenvalue weighted by Gasteiger charge is -2.51. The van der Waals surface area contributed by atoms with Gasteiger partial charge in [0, 0.05) is 29.4 Å². The van der Waals surface area contributed by atoms with Gasteiger partial charge in [-0.3, -0.25) is 9.59 Å². The molecule has 1 saturated heterocycles. The molecule has 1 aliphatic carbocycles. The fourth-order valence-corrected chi connectivity index (χ4v) is 4.75. The predicted molar refractivity (Wildman–Crippen MR) is 110 cm³/mol. The summed E-state index contributed by atoms with van der Waals surface area (Å²) in [5.41, 5.74) is -0.758. The van der Waals surface area contributed by atoms with Crippen molar-refractivity contribution in [1.82, 2.24) is 10.2 Å². The van der Waals surface area contributed by atoms with Crippen LogP contribution in [0.25, 0.3) is 0 Å². The minimum Gasteiger partial charge on any atom is -0.384 e. The number of aliphatic hydroxyl groups is 1. The monoisotopic (exact) mass is 406 g/mol. The SMILES string of the molecule is C[C@@H](NC(=O)C1CCCC1)C(=O)N1CC[C@](O)(c2ccc(Cl)cc2)C(C)(C)C1. The molecular formula is C22H31ClN2O3. The fourth-order valence-electron chi connectivity index (χ4n) is 4.63. The molecule has 2 amide bonds. The molecule has 0 radical (unpaired) electrons. The van der Waals surface area contributed by atoms with Gasteiger partial charge in [0.15, 0.2) is 0 Å². The summed E-state index contributed by atoms with van der Waals surface area (Å²) < 4.78 is 0. The number of hydrogen-bond donors (Lipinski definition) is 2. The summed E-state index contributed by atoms with van der Waals surface area (Å²) in [6, 6.07) is 6.72. The molecule has 1 saturated carbocycles. The van der Waals surface area contributed by atoms with E-state index in [1.165, 1.54) is 0 Å². The number of carbonyl (C=O) groups excluding carboxylic acids is 2. The Bertz CT molecular complexity index is 728. The van der Waals surface area contributed by atoms with Gasteiger partial charge in [-0.1, -0.05) is 50.4 Å². The minimum absolute atomic E-state index is 0.00714. The summed E-state index contributed by atoms with van der Waals surface area (Å²) in [5, 5.41) is 15.0. The molecule has 1 aliphatic heterocycles. The molecule has 6 heteroatoms. The van der Waals surface area contributed by atoms with Crippen molar-refractivity contribution in [3.8, 4) is 0 Å². The third kappa shape index (κ3) is 4.06. The summed E-state index contributed by atoms with van der Waals surface area (Å²) in [4.78, 5) is 27.1. The van der Waals surface area contributed by atoms with Crippen LogP contribution in [0.2, 0.25) is 5.02 Å². The normalized spacial score (nSPS) is 26.1. The maximum absolute atomic E-state index is 12.9. The fraction of sp³-hybridized carbons (Fsp3) is 0.636. The zero-order valence-electron chi connectivity index (χ0n) is 17.0. The van der Waals surface area contributed by atoms with Crippen LogP contribution in [-0.2, 0) is 15.2 Å². The first-order chi connectivity index (χ1) is 13.1. The lowest BCUT2D eigenvalue weighted by atomic mass is 9.66. The maximum Gasteiger partial charge on any atom is 0.244 e. The average molecular weight is 407 g/mol. The smallest absolute Gasteiger partial charge is 0.244 e. The average Bonchev–Trinajstić information content (AvgIpc) is 3.18. The Morgan fingerprint density at radius 1 is 1.21 bits per heavy atom. The highest BCUT2D eigenvalue weighted by molar-refractivity contribution is 6.30. The zero-order chi connectivity index (χ0) is 20.5. The molecule has 1 aromatic carbocycles. The van der Waals surface area contributed by atoms with Crippen molar-refractivity contribution in [1.29, 1.82) is 0 Å². The molecule has 3 rings (SSSR count). The number of piperidine rings is 1. The predicted octanol–water partition coefficient (Wildman–Crippen LogP) is 3.48. The van der Waals surface area contributed by atoms with Gasteiger partial charge in [0.05, 0.1) is 5.60 Å². The molecule has 28 heavy (non-hydrogen) atoms. The van der Waals surface area contributed by atoms with Crippen LogP contribution in [0.5, 0.6) is 0 Å². The topological polar surface area (TPSA) is 69.6 Å². The van der Waals surface area contributed by atoms with Crippen LogP contribution >= 0.6 is 11.6 Å². The number of hydrogen-bond acceptors (Lipinski definition) is 3. The van der Waals surface area contributed by atoms with E-state index in [2.05, 4.69) is 5.32 Å². The Hall–Kier alpha value is -1.59. The second kappa shape index (κ2) is 8.03. The van der Waals surface area contributed by atoms with Gasteiger partial charge in [0.2, 0.25) is 11.8 Å². The summed E-state index contributed by atoms with van der Waals surface area (Å²) in [5.74, 6) is -0.0482. The Kier molecular flexibility index (Phi) is 6.06. The van der Waals surface area contributed by atoms with E-state index in [1.54, 1.807) is 24.0 Å². The number of nitrogens with one attached hydrogen (secondary N) is 1. The first-order valence-electron chi connectivity index (χ1n) is 10.2. The number of likely N-dealkylation sites (tertiary alicyclic amines) is 1. The van der Waals surface area contributed by atoms with Gasteiger partial charge in [-0.15, -0.1) is 0 Å². The molecule has 1 aromatic rings. The lowest BCUT2D eigenvalue weighted by molar-refractivity contribution is -0.155. The van der Waals surface area contributed by atoms with Crippen LogP contribution in [0, 0.1) is 11.3 Å².